The quantitative estimate of drug-likeness (QED) is 0.289. The Balaban J connectivity index is 3.95. The van der Waals surface area contributed by atoms with Crippen LogP contribution in [0.3, 0.4) is 0 Å². The third-order valence-electron chi connectivity index (χ3n) is 2.24. The number of hydrogen-bond donors (Lipinski definition) is 2. The van der Waals surface area contributed by atoms with Crippen LogP contribution in [0.25, 0.3) is 0 Å². The van der Waals surface area contributed by atoms with Crippen LogP contribution in [0.4, 0.5) is 0 Å². The van der Waals surface area contributed by atoms with Crippen molar-refractivity contribution in [3.8, 4) is 0 Å². The van der Waals surface area contributed by atoms with Crippen LogP contribution in [0, 0.1) is 0 Å². The molecule has 0 saturated carbocycles. The first-order valence-corrected chi connectivity index (χ1v) is 5.39. The number of amides is 1. The van der Waals surface area contributed by atoms with Crippen LogP contribution in [0.2, 0.25) is 0 Å². The van der Waals surface area contributed by atoms with Gasteiger partial charge in [-0.1, -0.05) is 18.5 Å². The van der Waals surface area contributed by atoms with E-state index < -0.39 is 0 Å². The number of nitrogens with zero attached hydrogens (tertiary/aromatic N) is 2. The fraction of sp³-hybridized carbons (Fsp3) is 0.800. The van der Waals surface area contributed by atoms with Gasteiger partial charge in [-0.3, -0.25) is 4.79 Å². The average Bonchev–Trinajstić information content (AvgIpc) is 2.26. The van der Waals surface area contributed by atoms with Crippen LogP contribution < -0.4 is 5.73 Å². The van der Waals surface area contributed by atoms with Gasteiger partial charge in [-0.15, -0.1) is 0 Å². The average molecular weight is 215 g/mol. The number of carbonyl (C=O) groups is 1. The number of amidine groups is 1. The topological polar surface area (TPSA) is 78.9 Å². The maximum absolute atomic E-state index is 11.6. The maximum atomic E-state index is 11.6. The molecule has 0 unspecified atom stereocenters. The molecule has 0 heterocycles. The molecule has 0 spiro atoms. The molecule has 0 aliphatic rings. The highest BCUT2D eigenvalue weighted by Crippen LogP contribution is 2.01. The van der Waals surface area contributed by atoms with Crippen molar-refractivity contribution in [1.29, 1.82) is 0 Å². The number of carbonyl (C=O) groups excluding carboxylic acids is 1. The van der Waals surface area contributed by atoms with Crippen LogP contribution in [0.15, 0.2) is 5.16 Å². The molecule has 5 nitrogen and oxygen atoms in total. The van der Waals surface area contributed by atoms with Gasteiger partial charge in [-0.2, -0.15) is 0 Å². The summed E-state index contributed by atoms with van der Waals surface area (Å²) in [7, 11) is 0. The van der Waals surface area contributed by atoms with Gasteiger partial charge < -0.3 is 15.8 Å². The molecule has 0 aliphatic heterocycles. The van der Waals surface area contributed by atoms with Crippen LogP contribution >= 0.6 is 0 Å². The number of hydrogen-bond acceptors (Lipinski definition) is 3. The number of rotatable bonds is 7. The second kappa shape index (κ2) is 8.08. The van der Waals surface area contributed by atoms with Gasteiger partial charge >= 0.3 is 0 Å². The predicted octanol–water partition coefficient (Wildman–Crippen LogP) is 1.16. The zero-order chi connectivity index (χ0) is 11.7. The maximum Gasteiger partial charge on any atom is 0.222 e. The van der Waals surface area contributed by atoms with Crippen molar-refractivity contribution in [3.05, 3.63) is 0 Å². The second-order valence-corrected chi connectivity index (χ2v) is 3.42. The summed E-state index contributed by atoms with van der Waals surface area (Å²) in [5.41, 5.74) is 5.34. The molecule has 0 radical (unpaired) electrons. The van der Waals surface area contributed by atoms with E-state index >= 15 is 0 Å². The third kappa shape index (κ3) is 5.93. The van der Waals surface area contributed by atoms with E-state index in [-0.39, 0.29) is 11.7 Å². The molecule has 1 amide bonds. The van der Waals surface area contributed by atoms with E-state index in [1.54, 1.807) is 4.90 Å². The Bertz CT molecular complexity index is 217. The minimum atomic E-state index is 0.144. The van der Waals surface area contributed by atoms with Gasteiger partial charge in [-0.25, -0.2) is 0 Å². The van der Waals surface area contributed by atoms with Crippen molar-refractivity contribution >= 4 is 11.7 Å². The van der Waals surface area contributed by atoms with Crippen molar-refractivity contribution < 1.29 is 10.0 Å². The lowest BCUT2D eigenvalue weighted by Gasteiger charge is -2.20. The van der Waals surface area contributed by atoms with Gasteiger partial charge in [-0.05, 0) is 13.3 Å². The minimum absolute atomic E-state index is 0.144. The Morgan fingerprint density at radius 1 is 1.40 bits per heavy atom. The Morgan fingerprint density at radius 3 is 2.53 bits per heavy atom. The van der Waals surface area contributed by atoms with E-state index in [9.17, 15) is 4.79 Å². The molecule has 5 heteroatoms. The Kier molecular flexibility index (Phi) is 7.40. The van der Waals surface area contributed by atoms with Crippen molar-refractivity contribution in [1.82, 2.24) is 4.90 Å². The lowest BCUT2D eigenvalue weighted by molar-refractivity contribution is -0.131. The first-order chi connectivity index (χ1) is 7.15. The highest BCUT2D eigenvalue weighted by Gasteiger charge is 2.10. The second-order valence-electron chi connectivity index (χ2n) is 3.42. The van der Waals surface area contributed by atoms with Gasteiger partial charge in [0, 0.05) is 25.9 Å². The van der Waals surface area contributed by atoms with E-state index in [2.05, 4.69) is 12.1 Å². The highest BCUT2D eigenvalue weighted by molar-refractivity contribution is 5.81. The summed E-state index contributed by atoms with van der Waals surface area (Å²) >= 11 is 0. The van der Waals surface area contributed by atoms with Crippen molar-refractivity contribution in [2.24, 2.45) is 10.9 Å². The van der Waals surface area contributed by atoms with E-state index in [0.717, 1.165) is 12.8 Å². The third-order valence-corrected chi connectivity index (χ3v) is 2.24. The summed E-state index contributed by atoms with van der Waals surface area (Å²) in [6, 6.07) is 0. The molecular weight excluding hydrogens is 194 g/mol. The SMILES string of the molecule is CCCCC(=O)N(CC)CCC(N)=NO. The van der Waals surface area contributed by atoms with Crippen molar-refractivity contribution in [3.63, 3.8) is 0 Å². The fourth-order valence-corrected chi connectivity index (χ4v) is 1.24. The van der Waals surface area contributed by atoms with Crippen LogP contribution in [0.1, 0.15) is 39.5 Å². The van der Waals surface area contributed by atoms with Crippen molar-refractivity contribution in [2.45, 2.75) is 39.5 Å². The van der Waals surface area contributed by atoms with Gasteiger partial charge in [0.15, 0.2) is 0 Å². The molecule has 0 fully saturated rings. The summed E-state index contributed by atoms with van der Waals surface area (Å²) in [6.07, 6.45) is 2.94. The number of oxime groups is 1. The Hall–Kier alpha value is -1.26. The molecule has 0 saturated heterocycles. The smallest absolute Gasteiger partial charge is 0.222 e. The molecule has 0 aromatic carbocycles. The van der Waals surface area contributed by atoms with Gasteiger partial charge in [0.25, 0.3) is 0 Å². The molecule has 0 bridgehead atoms. The van der Waals surface area contributed by atoms with E-state index in [1.807, 2.05) is 6.92 Å². The molecule has 0 aromatic rings. The van der Waals surface area contributed by atoms with E-state index in [1.165, 1.54) is 0 Å². The zero-order valence-electron chi connectivity index (χ0n) is 9.57. The minimum Gasteiger partial charge on any atom is -0.409 e. The molecular formula is C10H21N3O2. The Morgan fingerprint density at radius 2 is 2.07 bits per heavy atom. The molecule has 88 valence electrons. The van der Waals surface area contributed by atoms with E-state index in [0.29, 0.717) is 25.9 Å². The number of nitrogens with two attached hydrogens (primary N) is 1. The monoisotopic (exact) mass is 215 g/mol. The molecule has 3 N–H and O–H groups in total. The first kappa shape index (κ1) is 13.7. The lowest BCUT2D eigenvalue weighted by Crippen LogP contribution is -2.33. The van der Waals surface area contributed by atoms with Crippen LogP contribution in [-0.4, -0.2) is 34.9 Å². The molecule has 0 aromatic heterocycles. The number of unbranched alkanes of at least 4 members (excludes halogenated alkanes) is 1. The van der Waals surface area contributed by atoms with Gasteiger partial charge in [0.2, 0.25) is 5.91 Å². The molecule has 15 heavy (non-hydrogen) atoms. The lowest BCUT2D eigenvalue weighted by atomic mass is 10.2. The largest absolute Gasteiger partial charge is 0.409 e. The highest BCUT2D eigenvalue weighted by atomic mass is 16.4. The Labute approximate surface area is 90.9 Å². The van der Waals surface area contributed by atoms with Crippen LogP contribution in [0.5, 0.6) is 0 Å². The standard InChI is InChI=1S/C10H21N3O2/c1-3-5-6-10(14)13(4-2)8-7-9(11)12-15/h15H,3-8H2,1-2H3,(H2,11,12). The zero-order valence-corrected chi connectivity index (χ0v) is 9.57. The van der Waals surface area contributed by atoms with Crippen molar-refractivity contribution in [2.75, 3.05) is 13.1 Å². The van der Waals surface area contributed by atoms with Crippen LogP contribution in [-0.2, 0) is 4.79 Å². The fourth-order valence-electron chi connectivity index (χ4n) is 1.24. The summed E-state index contributed by atoms with van der Waals surface area (Å²) in [5.74, 6) is 0.307. The van der Waals surface area contributed by atoms with Gasteiger partial charge in [0.1, 0.15) is 5.84 Å². The summed E-state index contributed by atoms with van der Waals surface area (Å²) in [4.78, 5) is 13.3. The van der Waals surface area contributed by atoms with E-state index in [4.69, 9.17) is 10.9 Å². The predicted molar refractivity (Wildman–Crippen MR) is 59.8 cm³/mol. The van der Waals surface area contributed by atoms with Gasteiger partial charge in [0.05, 0.1) is 0 Å². The molecule has 0 aliphatic carbocycles. The molecule has 0 rings (SSSR count). The normalized spacial score (nSPS) is 11.5. The summed E-state index contributed by atoms with van der Waals surface area (Å²) < 4.78 is 0. The summed E-state index contributed by atoms with van der Waals surface area (Å²) in [6.45, 7) is 5.17. The first-order valence-electron chi connectivity index (χ1n) is 5.39. The molecule has 0 atom stereocenters. The summed E-state index contributed by atoms with van der Waals surface area (Å²) in [5, 5.41) is 11.2.